The topological polar surface area (TPSA) is 0 Å². The average Bonchev–Trinajstić information content (AvgIpc) is 2.55. The average molecular weight is 311 g/mol. The first-order valence-electron chi connectivity index (χ1n) is 10.7. The van der Waals surface area contributed by atoms with E-state index in [0.717, 1.165) is 0 Å². The Morgan fingerprint density at radius 2 is 0.727 bits per heavy atom. The van der Waals surface area contributed by atoms with Gasteiger partial charge in [0.15, 0.2) is 0 Å². The van der Waals surface area contributed by atoms with Crippen molar-refractivity contribution in [2.75, 3.05) is 0 Å². The summed E-state index contributed by atoms with van der Waals surface area (Å²) in [7, 11) is 0. The van der Waals surface area contributed by atoms with Gasteiger partial charge in [-0.2, -0.15) is 0 Å². The van der Waals surface area contributed by atoms with Crippen molar-refractivity contribution in [1.29, 1.82) is 0 Å². The van der Waals surface area contributed by atoms with Crippen LogP contribution in [0.1, 0.15) is 137 Å². The third-order valence-corrected chi connectivity index (χ3v) is 5.87. The number of hydrogen-bond acceptors (Lipinski definition) is 0. The van der Waals surface area contributed by atoms with Gasteiger partial charge in [-0.1, -0.05) is 124 Å². The predicted octanol–water partition coefficient (Wildman–Crippen LogP) is 8.68. The third kappa shape index (κ3) is 11.6. The molecule has 0 aromatic rings. The van der Waals surface area contributed by atoms with Gasteiger partial charge in [0.1, 0.15) is 0 Å². The molecule has 22 heavy (non-hydrogen) atoms. The highest BCUT2D eigenvalue weighted by Crippen LogP contribution is 2.38. The molecule has 0 N–H and O–H groups in total. The number of rotatable bonds is 17. The Bertz CT molecular complexity index is 202. The van der Waals surface area contributed by atoms with Gasteiger partial charge >= 0.3 is 0 Å². The van der Waals surface area contributed by atoms with Crippen molar-refractivity contribution in [3.8, 4) is 0 Å². The van der Waals surface area contributed by atoms with Gasteiger partial charge in [0.2, 0.25) is 0 Å². The summed E-state index contributed by atoms with van der Waals surface area (Å²) in [5.74, 6) is 0. The lowest BCUT2D eigenvalue weighted by molar-refractivity contribution is 0.203. The van der Waals surface area contributed by atoms with Crippen LogP contribution in [0.25, 0.3) is 0 Å². The third-order valence-electron chi connectivity index (χ3n) is 5.87. The first-order chi connectivity index (χ1) is 10.7. The van der Waals surface area contributed by atoms with Gasteiger partial charge in [-0.25, -0.2) is 0 Å². The van der Waals surface area contributed by atoms with Gasteiger partial charge in [0.25, 0.3) is 0 Å². The quantitative estimate of drug-likeness (QED) is 0.236. The van der Waals surface area contributed by atoms with E-state index < -0.39 is 0 Å². The van der Waals surface area contributed by atoms with E-state index in [1.54, 1.807) is 0 Å². The predicted molar refractivity (Wildman–Crippen MR) is 104 cm³/mol. The van der Waals surface area contributed by atoms with E-state index in [4.69, 9.17) is 0 Å². The van der Waals surface area contributed by atoms with Crippen molar-refractivity contribution in [3.63, 3.8) is 0 Å². The van der Waals surface area contributed by atoms with Crippen molar-refractivity contribution in [1.82, 2.24) is 0 Å². The highest BCUT2D eigenvalue weighted by atomic mass is 14.3. The maximum absolute atomic E-state index is 2.42. The van der Waals surface area contributed by atoms with Gasteiger partial charge < -0.3 is 0 Å². The van der Waals surface area contributed by atoms with E-state index >= 15 is 0 Å². The second-order valence-corrected chi connectivity index (χ2v) is 7.60. The fourth-order valence-corrected chi connectivity index (χ4v) is 3.82. The smallest absolute Gasteiger partial charge is 0.0303 e. The second-order valence-electron chi connectivity index (χ2n) is 7.60. The van der Waals surface area contributed by atoms with Crippen molar-refractivity contribution in [3.05, 3.63) is 0 Å². The van der Waals surface area contributed by atoms with Gasteiger partial charge in [0, 0.05) is 0 Å². The zero-order chi connectivity index (χ0) is 16.5. The van der Waals surface area contributed by atoms with E-state index in [-0.39, 0.29) is 0 Å². The van der Waals surface area contributed by atoms with E-state index in [9.17, 15) is 0 Å². The summed E-state index contributed by atoms with van der Waals surface area (Å²) in [4.78, 5) is 0. The molecule has 0 radical (unpaired) electrons. The summed E-state index contributed by atoms with van der Waals surface area (Å²) in [5, 5.41) is 0. The van der Waals surface area contributed by atoms with Crippen molar-refractivity contribution >= 4 is 0 Å². The van der Waals surface area contributed by atoms with Crippen LogP contribution in [-0.4, -0.2) is 0 Å². The van der Waals surface area contributed by atoms with Gasteiger partial charge in [0.05, 0.1) is 0 Å². The van der Waals surface area contributed by atoms with Crippen LogP contribution < -0.4 is 0 Å². The summed E-state index contributed by atoms with van der Waals surface area (Å²) in [5.41, 5.74) is 0.676. The van der Waals surface area contributed by atoms with Crippen LogP contribution >= 0.6 is 0 Å². The molecule has 0 atom stereocenters. The molecule has 0 heteroatoms. The van der Waals surface area contributed by atoms with Gasteiger partial charge in [-0.3, -0.25) is 0 Å². The largest absolute Gasteiger partial charge is 0.0654 e. The molecule has 0 aromatic heterocycles. The molecule has 134 valence electrons. The SMILES string of the molecule is CCCCCCCCCCCCC(CC)(CC)CCCCC. The molecule has 0 aliphatic carbocycles. The molecule has 0 aliphatic heterocycles. The molecular weight excluding hydrogens is 264 g/mol. The molecule has 0 saturated heterocycles. The summed E-state index contributed by atoms with van der Waals surface area (Å²) >= 11 is 0. The van der Waals surface area contributed by atoms with E-state index in [0.29, 0.717) is 5.41 Å². The Kier molecular flexibility index (Phi) is 15.9. The van der Waals surface area contributed by atoms with Crippen LogP contribution in [0.2, 0.25) is 0 Å². The standard InChI is InChI=1S/C22H46/c1-5-9-11-12-13-14-15-16-17-19-21-22(7-3,8-4)20-18-10-6-2/h5-21H2,1-4H3. The molecule has 0 spiro atoms. The second kappa shape index (κ2) is 15.9. The first kappa shape index (κ1) is 22.0. The molecule has 0 fully saturated rings. The molecule has 0 bridgehead atoms. The molecule has 0 nitrogen and oxygen atoms in total. The Morgan fingerprint density at radius 1 is 0.409 bits per heavy atom. The van der Waals surface area contributed by atoms with E-state index in [1.807, 2.05) is 0 Å². The Labute approximate surface area is 142 Å². The summed E-state index contributed by atoms with van der Waals surface area (Å²) in [6.45, 7) is 9.47. The van der Waals surface area contributed by atoms with Crippen LogP contribution in [0.3, 0.4) is 0 Å². The molecule has 0 heterocycles. The lowest BCUT2D eigenvalue weighted by atomic mass is 9.74. The minimum Gasteiger partial charge on any atom is -0.0654 e. The highest BCUT2D eigenvalue weighted by molar-refractivity contribution is 4.76. The van der Waals surface area contributed by atoms with Gasteiger partial charge in [-0.05, 0) is 18.3 Å². The Morgan fingerprint density at radius 3 is 1.14 bits per heavy atom. The summed E-state index contributed by atoms with van der Waals surface area (Å²) in [6.07, 6.45) is 24.6. The zero-order valence-corrected chi connectivity index (χ0v) is 16.5. The van der Waals surface area contributed by atoms with Crippen molar-refractivity contribution in [2.45, 2.75) is 137 Å². The highest BCUT2D eigenvalue weighted by Gasteiger charge is 2.24. The zero-order valence-electron chi connectivity index (χ0n) is 16.5. The Balaban J connectivity index is 3.59. The molecule has 0 unspecified atom stereocenters. The molecule has 0 amide bonds. The minimum absolute atomic E-state index is 0.676. The van der Waals surface area contributed by atoms with E-state index in [1.165, 1.54) is 109 Å². The summed E-state index contributed by atoms with van der Waals surface area (Å²) in [6, 6.07) is 0. The number of hydrogen-bond donors (Lipinski definition) is 0. The van der Waals surface area contributed by atoms with Crippen LogP contribution in [0.5, 0.6) is 0 Å². The molecule has 0 rings (SSSR count). The molecule has 0 aliphatic rings. The number of unbranched alkanes of at least 4 members (excludes halogenated alkanes) is 11. The molecule has 0 saturated carbocycles. The fraction of sp³-hybridized carbons (Fsp3) is 1.00. The summed E-state index contributed by atoms with van der Waals surface area (Å²) < 4.78 is 0. The maximum atomic E-state index is 2.42. The monoisotopic (exact) mass is 310 g/mol. The fourth-order valence-electron chi connectivity index (χ4n) is 3.82. The van der Waals surface area contributed by atoms with Crippen LogP contribution in [0.4, 0.5) is 0 Å². The minimum atomic E-state index is 0.676. The molecular formula is C22H46. The lowest BCUT2D eigenvalue weighted by Crippen LogP contribution is -2.18. The molecule has 0 aromatic carbocycles. The van der Waals surface area contributed by atoms with Crippen LogP contribution in [-0.2, 0) is 0 Å². The van der Waals surface area contributed by atoms with Gasteiger partial charge in [-0.15, -0.1) is 0 Å². The van der Waals surface area contributed by atoms with Crippen LogP contribution in [0, 0.1) is 5.41 Å². The Hall–Kier alpha value is 0. The van der Waals surface area contributed by atoms with Crippen molar-refractivity contribution < 1.29 is 0 Å². The van der Waals surface area contributed by atoms with E-state index in [2.05, 4.69) is 27.7 Å². The van der Waals surface area contributed by atoms with Crippen molar-refractivity contribution in [2.24, 2.45) is 5.41 Å². The lowest BCUT2D eigenvalue weighted by Gasteiger charge is -2.32. The first-order valence-corrected chi connectivity index (χ1v) is 10.7. The van der Waals surface area contributed by atoms with Crippen LogP contribution in [0.15, 0.2) is 0 Å². The normalized spacial score (nSPS) is 12.0. The maximum Gasteiger partial charge on any atom is -0.0303 e.